The maximum atomic E-state index is 13.1. The third-order valence-corrected chi connectivity index (χ3v) is 7.73. The molecule has 0 spiro atoms. The van der Waals surface area contributed by atoms with E-state index in [0.29, 0.717) is 13.1 Å². The molecule has 0 saturated carbocycles. The van der Waals surface area contributed by atoms with Crippen molar-refractivity contribution < 1.29 is 27.8 Å². The standard InChI is InChI=1S/C27H27F3N4O3S2/c1-17-33-20(15-38-17)14-34-16-32-24(37-21-6-4-5-19(11-21)27(28,29)30)12-23(34)31-13-18-7-9-22(10-8-18)39-26(2,3)25(35)36/h4-12,15-16,23,31H,13-14H2,1-3H3,(H,35,36). The van der Waals surface area contributed by atoms with E-state index in [9.17, 15) is 23.1 Å². The summed E-state index contributed by atoms with van der Waals surface area (Å²) in [5.41, 5.74) is 1.03. The molecule has 2 heterocycles. The fourth-order valence-corrected chi connectivity index (χ4v) is 5.17. The predicted molar refractivity (Wildman–Crippen MR) is 146 cm³/mol. The van der Waals surface area contributed by atoms with Crippen LogP contribution in [-0.4, -0.2) is 38.2 Å². The predicted octanol–water partition coefficient (Wildman–Crippen LogP) is 6.31. The Labute approximate surface area is 232 Å². The normalized spacial score (nSPS) is 15.8. The van der Waals surface area contributed by atoms with Crippen LogP contribution in [0.1, 0.15) is 35.7 Å². The van der Waals surface area contributed by atoms with Gasteiger partial charge in [-0.05, 0) is 56.7 Å². The van der Waals surface area contributed by atoms with Crippen molar-refractivity contribution in [1.82, 2.24) is 15.2 Å². The molecule has 1 aliphatic rings. The summed E-state index contributed by atoms with van der Waals surface area (Å²) in [5.74, 6) is -0.685. The van der Waals surface area contributed by atoms with Crippen molar-refractivity contribution in [2.75, 3.05) is 0 Å². The van der Waals surface area contributed by atoms with E-state index in [4.69, 9.17) is 4.74 Å². The topological polar surface area (TPSA) is 87.0 Å². The molecule has 12 heteroatoms. The second-order valence-corrected chi connectivity index (χ2v) is 12.1. The minimum absolute atomic E-state index is 0.0351. The van der Waals surface area contributed by atoms with E-state index in [0.717, 1.165) is 33.3 Å². The number of nitrogens with one attached hydrogen (secondary N) is 1. The molecule has 0 fully saturated rings. The largest absolute Gasteiger partial charge is 0.480 e. The van der Waals surface area contributed by atoms with E-state index in [1.165, 1.54) is 23.9 Å². The van der Waals surface area contributed by atoms with Crippen molar-refractivity contribution in [3.63, 3.8) is 0 Å². The Bertz CT molecular complexity index is 1370. The first kappa shape index (κ1) is 28.7. The lowest BCUT2D eigenvalue weighted by atomic mass is 10.2. The van der Waals surface area contributed by atoms with Crippen molar-refractivity contribution in [3.8, 4) is 5.75 Å². The van der Waals surface area contributed by atoms with Crippen LogP contribution in [0.15, 0.2) is 75.8 Å². The number of ether oxygens (including phenoxy) is 1. The molecule has 1 aliphatic heterocycles. The number of aliphatic carboxylic acids is 1. The second kappa shape index (κ2) is 11.8. The summed E-state index contributed by atoms with van der Waals surface area (Å²) >= 11 is 2.81. The highest BCUT2D eigenvalue weighted by Gasteiger charge is 2.31. The van der Waals surface area contributed by atoms with E-state index in [1.807, 2.05) is 41.5 Å². The van der Waals surface area contributed by atoms with Crippen LogP contribution in [0.25, 0.3) is 0 Å². The van der Waals surface area contributed by atoms with Gasteiger partial charge in [-0.15, -0.1) is 23.1 Å². The van der Waals surface area contributed by atoms with Gasteiger partial charge in [-0.1, -0.05) is 18.2 Å². The molecule has 0 bridgehead atoms. The molecule has 1 aromatic heterocycles. The van der Waals surface area contributed by atoms with Gasteiger partial charge < -0.3 is 14.7 Å². The maximum Gasteiger partial charge on any atom is 0.416 e. The summed E-state index contributed by atoms with van der Waals surface area (Å²) in [6.45, 7) is 6.17. The molecule has 2 aromatic carbocycles. The average Bonchev–Trinajstić information content (AvgIpc) is 3.28. The van der Waals surface area contributed by atoms with Crippen molar-refractivity contribution in [1.29, 1.82) is 0 Å². The van der Waals surface area contributed by atoms with Gasteiger partial charge in [0.05, 0.1) is 29.1 Å². The Morgan fingerprint density at radius 2 is 1.95 bits per heavy atom. The van der Waals surface area contributed by atoms with Crippen LogP contribution < -0.4 is 10.1 Å². The van der Waals surface area contributed by atoms with Crippen LogP contribution >= 0.6 is 23.1 Å². The highest BCUT2D eigenvalue weighted by molar-refractivity contribution is 8.01. The van der Waals surface area contributed by atoms with Crippen molar-refractivity contribution in [3.05, 3.63) is 87.7 Å². The molecule has 0 saturated heterocycles. The van der Waals surface area contributed by atoms with Crippen molar-refractivity contribution >= 4 is 35.4 Å². The van der Waals surface area contributed by atoms with E-state index in [1.54, 1.807) is 37.6 Å². The number of carboxylic acid groups (broad SMARTS) is 1. The van der Waals surface area contributed by atoms with Gasteiger partial charge >= 0.3 is 12.1 Å². The van der Waals surface area contributed by atoms with Gasteiger partial charge in [-0.3, -0.25) is 10.1 Å². The molecule has 39 heavy (non-hydrogen) atoms. The number of rotatable bonds is 10. The third-order valence-electron chi connectivity index (χ3n) is 5.71. The van der Waals surface area contributed by atoms with Crippen LogP contribution in [0.5, 0.6) is 5.75 Å². The zero-order valence-corrected chi connectivity index (χ0v) is 23.0. The Morgan fingerprint density at radius 3 is 2.59 bits per heavy atom. The maximum absolute atomic E-state index is 13.1. The molecule has 0 aliphatic carbocycles. The first-order valence-electron chi connectivity index (χ1n) is 11.9. The summed E-state index contributed by atoms with van der Waals surface area (Å²) < 4.78 is 44.1. The number of aliphatic imine (C=N–C) groups is 1. The van der Waals surface area contributed by atoms with Gasteiger partial charge in [0.15, 0.2) is 0 Å². The van der Waals surface area contributed by atoms with Crippen LogP contribution in [0, 0.1) is 6.92 Å². The SMILES string of the molecule is Cc1nc(CN2C=NC(Oc3cccc(C(F)(F)F)c3)=CC2NCc2ccc(SC(C)(C)C(=O)O)cc2)cs1. The number of benzene rings is 2. The Hall–Kier alpha value is -3.35. The van der Waals surface area contributed by atoms with Crippen LogP contribution in [-0.2, 0) is 24.1 Å². The van der Waals surface area contributed by atoms with E-state index < -0.39 is 22.5 Å². The zero-order valence-electron chi connectivity index (χ0n) is 21.4. The number of nitrogens with zero attached hydrogens (tertiary/aromatic N) is 3. The monoisotopic (exact) mass is 576 g/mol. The van der Waals surface area contributed by atoms with E-state index >= 15 is 0 Å². The van der Waals surface area contributed by atoms with E-state index in [-0.39, 0.29) is 17.8 Å². The fraction of sp³-hybridized carbons (Fsp3) is 0.296. The van der Waals surface area contributed by atoms with Crippen LogP contribution in [0.4, 0.5) is 13.2 Å². The van der Waals surface area contributed by atoms with Crippen molar-refractivity contribution in [2.24, 2.45) is 4.99 Å². The number of carboxylic acids is 1. The number of aryl methyl sites for hydroxylation is 1. The number of hydrogen-bond acceptors (Lipinski definition) is 8. The third kappa shape index (κ3) is 7.84. The van der Waals surface area contributed by atoms with Gasteiger partial charge in [-0.25, -0.2) is 9.98 Å². The first-order valence-corrected chi connectivity index (χ1v) is 13.6. The quantitative estimate of drug-likeness (QED) is 0.274. The second-order valence-electron chi connectivity index (χ2n) is 9.29. The summed E-state index contributed by atoms with van der Waals surface area (Å²) in [7, 11) is 0. The number of thioether (sulfide) groups is 1. The Morgan fingerprint density at radius 1 is 1.21 bits per heavy atom. The molecule has 1 unspecified atom stereocenters. The lowest BCUT2D eigenvalue weighted by Crippen LogP contribution is -2.45. The van der Waals surface area contributed by atoms with Gasteiger partial charge in [0.1, 0.15) is 16.7 Å². The number of hydrogen-bond donors (Lipinski definition) is 2. The lowest BCUT2D eigenvalue weighted by molar-refractivity contribution is -0.139. The number of aromatic nitrogens is 1. The van der Waals surface area contributed by atoms with Gasteiger partial charge in [-0.2, -0.15) is 13.2 Å². The van der Waals surface area contributed by atoms with Gasteiger partial charge in [0, 0.05) is 22.9 Å². The highest BCUT2D eigenvalue weighted by Crippen LogP contribution is 2.33. The first-order chi connectivity index (χ1) is 18.4. The van der Waals surface area contributed by atoms with E-state index in [2.05, 4.69) is 15.3 Å². The highest BCUT2D eigenvalue weighted by atomic mass is 32.2. The minimum atomic E-state index is -4.48. The summed E-state index contributed by atoms with van der Waals surface area (Å²) in [4.78, 5) is 23.0. The average molecular weight is 577 g/mol. The molecule has 206 valence electrons. The smallest absolute Gasteiger partial charge is 0.416 e. The molecule has 4 rings (SSSR count). The molecule has 1 atom stereocenters. The molecule has 0 amide bonds. The Balaban J connectivity index is 1.48. The number of thiazole rings is 1. The molecule has 2 N–H and O–H groups in total. The molecule has 3 aromatic rings. The van der Waals surface area contributed by atoms with Crippen molar-refractivity contribution in [2.45, 2.75) is 55.8 Å². The molecular weight excluding hydrogens is 549 g/mol. The number of carbonyl (C=O) groups is 1. The Kier molecular flexibility index (Phi) is 8.67. The van der Waals surface area contributed by atoms with Gasteiger partial charge in [0.2, 0.25) is 5.88 Å². The zero-order chi connectivity index (χ0) is 28.2. The molecular formula is C27H27F3N4O3S2. The summed E-state index contributed by atoms with van der Waals surface area (Å²) in [6, 6.07) is 12.3. The van der Waals surface area contributed by atoms with Crippen LogP contribution in [0.3, 0.4) is 0 Å². The molecule has 0 radical (unpaired) electrons. The summed E-state index contributed by atoms with van der Waals surface area (Å²) in [6.07, 6.45) is -1.57. The number of halogens is 3. The van der Waals surface area contributed by atoms with Gasteiger partial charge in [0.25, 0.3) is 0 Å². The minimum Gasteiger partial charge on any atom is -0.480 e. The summed E-state index contributed by atoms with van der Waals surface area (Å²) in [5, 5.41) is 15.7. The number of alkyl halides is 3. The van der Waals surface area contributed by atoms with Crippen LogP contribution in [0.2, 0.25) is 0 Å². The molecule has 7 nitrogen and oxygen atoms in total. The lowest BCUT2D eigenvalue weighted by Gasteiger charge is -2.31. The fourth-order valence-electron chi connectivity index (χ4n) is 3.61.